The van der Waals surface area contributed by atoms with Gasteiger partial charge in [0.05, 0.1) is 34.0 Å². The van der Waals surface area contributed by atoms with Gasteiger partial charge in [0.25, 0.3) is 0 Å². The molecule has 4 heterocycles. The summed E-state index contributed by atoms with van der Waals surface area (Å²) in [5, 5.41) is 13.3. The van der Waals surface area contributed by atoms with Crippen molar-refractivity contribution in [1.29, 1.82) is 0 Å². The Morgan fingerprint density at radius 3 is 2.45 bits per heavy atom. The molecule has 0 aliphatic carbocycles. The zero-order valence-corrected chi connectivity index (χ0v) is 20.3. The fourth-order valence-corrected chi connectivity index (χ4v) is 4.80. The quantitative estimate of drug-likeness (QED) is 0.253. The standard InChI is InChI=1S/C27H20F4N4O3/c1-13-21(15(3)38-34-13)16-11-20-24(33-12-16)22(17-7-6-8-18(23(17)28)26(36)37)25(27(29,30)31)35(20)14(2)19-9-4-5-10-32-19/h4-12,14H,1-3H3,(H,36,37)/t14-/m0/s1. The molecule has 5 rings (SSSR count). The largest absolute Gasteiger partial charge is 0.478 e. The lowest BCUT2D eigenvalue weighted by atomic mass is 10.00. The fraction of sp³-hybridized carbons (Fsp3) is 0.185. The molecule has 1 atom stereocenters. The molecule has 0 aliphatic heterocycles. The van der Waals surface area contributed by atoms with Crippen LogP contribution in [0.2, 0.25) is 0 Å². The van der Waals surface area contributed by atoms with E-state index < -0.39 is 46.4 Å². The highest BCUT2D eigenvalue weighted by Gasteiger charge is 2.42. The maximum Gasteiger partial charge on any atom is 0.432 e. The van der Waals surface area contributed by atoms with E-state index in [1.807, 2.05) is 0 Å². The van der Waals surface area contributed by atoms with Crippen molar-refractivity contribution in [1.82, 2.24) is 19.7 Å². The van der Waals surface area contributed by atoms with E-state index in [1.165, 1.54) is 24.5 Å². The summed E-state index contributed by atoms with van der Waals surface area (Å²) in [6.45, 7) is 4.92. The Balaban J connectivity index is 1.94. The van der Waals surface area contributed by atoms with Crippen molar-refractivity contribution in [2.45, 2.75) is 33.0 Å². The Morgan fingerprint density at radius 1 is 1.08 bits per heavy atom. The van der Waals surface area contributed by atoms with Crippen LogP contribution in [0.15, 0.2) is 59.4 Å². The molecule has 0 spiro atoms. The second kappa shape index (κ2) is 9.09. The number of carboxylic acid groups (broad SMARTS) is 1. The Hall–Kier alpha value is -4.54. The molecule has 0 saturated carbocycles. The Labute approximate surface area is 213 Å². The van der Waals surface area contributed by atoms with E-state index in [0.29, 0.717) is 28.3 Å². The zero-order valence-electron chi connectivity index (χ0n) is 20.3. The average Bonchev–Trinajstić information content (AvgIpc) is 3.40. The van der Waals surface area contributed by atoms with E-state index in [4.69, 9.17) is 4.52 Å². The molecule has 0 saturated heterocycles. The number of hydrogen-bond donors (Lipinski definition) is 1. The van der Waals surface area contributed by atoms with Gasteiger partial charge in [0, 0.05) is 34.6 Å². The molecule has 1 N–H and O–H groups in total. The van der Waals surface area contributed by atoms with Crippen LogP contribution in [0.3, 0.4) is 0 Å². The lowest BCUT2D eigenvalue weighted by Crippen LogP contribution is -2.19. The van der Waals surface area contributed by atoms with Crippen molar-refractivity contribution < 1.29 is 32.0 Å². The summed E-state index contributed by atoms with van der Waals surface area (Å²) >= 11 is 0. The van der Waals surface area contributed by atoms with Crippen molar-refractivity contribution in [3.8, 4) is 22.3 Å². The topological polar surface area (TPSA) is 94.0 Å². The van der Waals surface area contributed by atoms with Crippen molar-refractivity contribution in [2.24, 2.45) is 0 Å². The van der Waals surface area contributed by atoms with Crippen LogP contribution in [0, 0.1) is 19.7 Å². The third-order valence-corrected chi connectivity index (χ3v) is 6.43. The van der Waals surface area contributed by atoms with Gasteiger partial charge >= 0.3 is 12.1 Å². The zero-order chi connectivity index (χ0) is 27.4. The minimum atomic E-state index is -4.96. The van der Waals surface area contributed by atoms with E-state index >= 15 is 4.39 Å². The van der Waals surface area contributed by atoms with E-state index in [-0.39, 0.29) is 11.0 Å². The normalized spacial score (nSPS) is 12.7. The molecule has 1 aromatic carbocycles. The second-order valence-electron chi connectivity index (χ2n) is 8.79. The van der Waals surface area contributed by atoms with Gasteiger partial charge in [-0.05, 0) is 45.0 Å². The third-order valence-electron chi connectivity index (χ3n) is 6.43. The minimum absolute atomic E-state index is 0.0584. The van der Waals surface area contributed by atoms with Crippen molar-refractivity contribution >= 4 is 17.0 Å². The highest BCUT2D eigenvalue weighted by molar-refractivity contribution is 5.99. The number of aryl methyl sites for hydroxylation is 2. The molecule has 0 aliphatic rings. The molecular weight excluding hydrogens is 504 g/mol. The number of aromatic carboxylic acids is 1. The fourth-order valence-electron chi connectivity index (χ4n) is 4.80. The average molecular weight is 524 g/mol. The predicted octanol–water partition coefficient (Wildman–Crippen LogP) is 6.84. The first-order valence-electron chi connectivity index (χ1n) is 11.5. The summed E-state index contributed by atoms with van der Waals surface area (Å²) in [6.07, 6.45) is -2.13. The van der Waals surface area contributed by atoms with Gasteiger partial charge in [0.15, 0.2) is 0 Å². The number of nitrogens with zero attached hydrogens (tertiary/aromatic N) is 4. The lowest BCUT2D eigenvalue weighted by molar-refractivity contribution is -0.143. The smallest absolute Gasteiger partial charge is 0.432 e. The van der Waals surface area contributed by atoms with E-state index in [1.54, 1.807) is 39.0 Å². The number of rotatable bonds is 5. The number of alkyl halides is 3. The Kier molecular flexibility index (Phi) is 6.01. The molecule has 0 radical (unpaired) electrons. The molecule has 0 amide bonds. The van der Waals surface area contributed by atoms with E-state index in [2.05, 4.69) is 15.1 Å². The van der Waals surface area contributed by atoms with Crippen LogP contribution < -0.4 is 0 Å². The Bertz CT molecular complexity index is 1670. The highest BCUT2D eigenvalue weighted by atomic mass is 19.4. The first kappa shape index (κ1) is 25.1. The molecular formula is C27H20F4N4O3. The van der Waals surface area contributed by atoms with Crippen LogP contribution in [-0.2, 0) is 6.18 Å². The van der Waals surface area contributed by atoms with Crippen LogP contribution in [0.1, 0.15) is 46.2 Å². The van der Waals surface area contributed by atoms with Crippen molar-refractivity contribution in [3.05, 3.63) is 89.1 Å². The number of fused-ring (bicyclic) bond motifs is 1. The van der Waals surface area contributed by atoms with Crippen molar-refractivity contribution in [3.63, 3.8) is 0 Å². The SMILES string of the molecule is Cc1noc(C)c1-c1cnc2c(-c3cccc(C(=O)O)c3F)c(C(F)(F)F)n([C@@H](C)c3ccccn3)c2c1. The minimum Gasteiger partial charge on any atom is -0.478 e. The van der Waals surface area contributed by atoms with Crippen molar-refractivity contribution in [2.75, 3.05) is 0 Å². The van der Waals surface area contributed by atoms with Crippen LogP contribution >= 0.6 is 0 Å². The maximum absolute atomic E-state index is 15.4. The molecule has 0 unspecified atom stereocenters. The van der Waals surface area contributed by atoms with E-state index in [0.717, 1.165) is 16.7 Å². The summed E-state index contributed by atoms with van der Waals surface area (Å²) in [7, 11) is 0. The van der Waals surface area contributed by atoms with Gasteiger partial charge in [-0.2, -0.15) is 13.2 Å². The summed E-state index contributed by atoms with van der Waals surface area (Å²) in [4.78, 5) is 20.2. The van der Waals surface area contributed by atoms with Gasteiger partial charge in [-0.15, -0.1) is 0 Å². The first-order valence-corrected chi connectivity index (χ1v) is 11.5. The van der Waals surface area contributed by atoms with Crippen LogP contribution in [0.25, 0.3) is 33.3 Å². The van der Waals surface area contributed by atoms with Gasteiger partial charge in [-0.25, -0.2) is 9.18 Å². The van der Waals surface area contributed by atoms with Crippen LogP contribution in [0.4, 0.5) is 17.6 Å². The molecule has 5 aromatic rings. The molecule has 0 bridgehead atoms. The van der Waals surface area contributed by atoms with Gasteiger partial charge in [0.2, 0.25) is 0 Å². The molecule has 11 heteroatoms. The monoisotopic (exact) mass is 524 g/mol. The molecule has 0 fully saturated rings. The van der Waals surface area contributed by atoms with Crippen LogP contribution in [0.5, 0.6) is 0 Å². The maximum atomic E-state index is 15.4. The molecule has 7 nitrogen and oxygen atoms in total. The summed E-state index contributed by atoms with van der Waals surface area (Å²) in [5.74, 6) is -2.43. The predicted molar refractivity (Wildman–Crippen MR) is 130 cm³/mol. The number of carboxylic acids is 1. The number of benzene rings is 1. The number of aromatic nitrogens is 4. The summed E-state index contributed by atoms with van der Waals surface area (Å²) in [5.41, 5.74) is -1.18. The Morgan fingerprint density at radius 2 is 1.84 bits per heavy atom. The molecule has 4 aromatic heterocycles. The number of carbonyl (C=O) groups is 1. The third kappa shape index (κ3) is 4.00. The number of halogens is 4. The number of hydrogen-bond acceptors (Lipinski definition) is 5. The van der Waals surface area contributed by atoms with E-state index in [9.17, 15) is 23.1 Å². The van der Waals surface area contributed by atoms with Crippen LogP contribution in [-0.4, -0.2) is 30.8 Å². The molecule has 194 valence electrons. The van der Waals surface area contributed by atoms with Gasteiger partial charge in [-0.1, -0.05) is 23.4 Å². The second-order valence-corrected chi connectivity index (χ2v) is 8.79. The van der Waals surface area contributed by atoms with Gasteiger partial charge < -0.3 is 14.2 Å². The lowest BCUT2D eigenvalue weighted by Gasteiger charge is -2.21. The van der Waals surface area contributed by atoms with Gasteiger partial charge in [-0.3, -0.25) is 9.97 Å². The molecule has 38 heavy (non-hydrogen) atoms. The first-order chi connectivity index (χ1) is 18.0. The summed E-state index contributed by atoms with van der Waals surface area (Å²) < 4.78 is 66.3. The summed E-state index contributed by atoms with van der Waals surface area (Å²) in [6, 6.07) is 8.77. The number of pyridine rings is 2. The van der Waals surface area contributed by atoms with Gasteiger partial charge in [0.1, 0.15) is 17.3 Å². The highest BCUT2D eigenvalue weighted by Crippen LogP contribution is 2.47.